The zero-order chi connectivity index (χ0) is 24.0. The van der Waals surface area contributed by atoms with Gasteiger partial charge in [-0.2, -0.15) is 29.6 Å². The molecule has 0 saturated heterocycles. The first-order chi connectivity index (χ1) is 15.6. The van der Waals surface area contributed by atoms with E-state index >= 15 is 0 Å². The standard InChI is InChI=1S/C19H23N5OS.C2HF3O2/c1-22-9-2-3-18(22)19(25)20-7-4-16-12-23(11-15-6-10-26-14-15)13-17-5-8-21-24(16)17;3-2(4,5)1(6)7/h2-3,5-6,8-10,14,16H,4,7,11-13H2,1H3,(H,20,25);(H,6,7). The maximum Gasteiger partial charge on any atom is 0.490 e. The molecule has 4 heterocycles. The van der Waals surface area contributed by atoms with Crippen LogP contribution in [0.1, 0.15) is 34.2 Å². The van der Waals surface area contributed by atoms with Crippen molar-refractivity contribution < 1.29 is 27.9 Å². The molecule has 178 valence electrons. The zero-order valence-corrected chi connectivity index (χ0v) is 18.6. The Morgan fingerprint density at radius 3 is 2.67 bits per heavy atom. The summed E-state index contributed by atoms with van der Waals surface area (Å²) in [6, 6.07) is 8.28. The molecule has 2 N–H and O–H groups in total. The highest BCUT2D eigenvalue weighted by Crippen LogP contribution is 2.24. The summed E-state index contributed by atoms with van der Waals surface area (Å²) in [7, 11) is 1.88. The van der Waals surface area contributed by atoms with Crippen molar-refractivity contribution in [1.29, 1.82) is 0 Å². The van der Waals surface area contributed by atoms with E-state index in [9.17, 15) is 18.0 Å². The normalized spacial score (nSPS) is 15.9. The second-order valence-corrected chi connectivity index (χ2v) is 8.35. The Kier molecular flexibility index (Phi) is 7.92. The molecule has 33 heavy (non-hydrogen) atoms. The van der Waals surface area contributed by atoms with E-state index in [0.29, 0.717) is 12.2 Å². The minimum atomic E-state index is -5.08. The summed E-state index contributed by atoms with van der Waals surface area (Å²) >= 11 is 1.74. The van der Waals surface area contributed by atoms with Gasteiger partial charge >= 0.3 is 12.1 Å². The molecular weight excluding hydrogens is 459 g/mol. The molecular formula is C21H24F3N5O3S. The van der Waals surface area contributed by atoms with E-state index in [1.165, 1.54) is 11.3 Å². The fraction of sp³-hybridized carbons (Fsp3) is 0.381. The van der Waals surface area contributed by atoms with Gasteiger partial charge in [-0.25, -0.2) is 4.79 Å². The molecule has 0 fully saturated rings. The minimum Gasteiger partial charge on any atom is -0.475 e. The number of alkyl halides is 3. The predicted octanol–water partition coefficient (Wildman–Crippen LogP) is 3.29. The van der Waals surface area contributed by atoms with Gasteiger partial charge in [0.15, 0.2) is 0 Å². The number of thiophene rings is 1. The Hall–Kier alpha value is -3.12. The first kappa shape index (κ1) is 24.5. The van der Waals surface area contributed by atoms with Crippen LogP contribution in [0.3, 0.4) is 0 Å². The summed E-state index contributed by atoms with van der Waals surface area (Å²) in [4.78, 5) is 23.6. The number of hydrogen-bond acceptors (Lipinski definition) is 5. The SMILES string of the molecule is Cn1cccc1C(=O)NCCC1CN(Cc2ccsc2)Cc2ccnn21.O=C(O)C(F)(F)F. The molecule has 0 spiro atoms. The summed E-state index contributed by atoms with van der Waals surface area (Å²) in [5, 5.41) is 19.0. The number of rotatable bonds is 6. The summed E-state index contributed by atoms with van der Waals surface area (Å²) in [5.74, 6) is -2.78. The Bertz CT molecular complexity index is 1060. The third kappa shape index (κ3) is 6.68. The quantitative estimate of drug-likeness (QED) is 0.561. The van der Waals surface area contributed by atoms with Gasteiger partial charge in [0.05, 0.1) is 11.7 Å². The molecule has 0 saturated carbocycles. The number of nitrogens with one attached hydrogen (secondary N) is 1. The molecule has 1 amide bonds. The first-order valence-electron chi connectivity index (χ1n) is 10.1. The monoisotopic (exact) mass is 483 g/mol. The fourth-order valence-corrected chi connectivity index (χ4v) is 4.24. The van der Waals surface area contributed by atoms with Crippen molar-refractivity contribution in [2.24, 2.45) is 7.05 Å². The van der Waals surface area contributed by atoms with Crippen LogP contribution in [0.25, 0.3) is 0 Å². The number of carbonyl (C=O) groups is 2. The van der Waals surface area contributed by atoms with Crippen LogP contribution in [-0.4, -0.2) is 55.5 Å². The Morgan fingerprint density at radius 2 is 2.06 bits per heavy atom. The lowest BCUT2D eigenvalue weighted by atomic mass is 10.1. The van der Waals surface area contributed by atoms with Crippen LogP contribution in [0.15, 0.2) is 47.4 Å². The molecule has 12 heteroatoms. The molecule has 1 aliphatic rings. The number of aryl methyl sites for hydroxylation is 1. The van der Waals surface area contributed by atoms with Crippen molar-refractivity contribution >= 4 is 23.2 Å². The van der Waals surface area contributed by atoms with E-state index in [1.807, 2.05) is 36.1 Å². The number of carboxylic acids is 1. The van der Waals surface area contributed by atoms with Crippen molar-refractivity contribution in [2.45, 2.75) is 31.7 Å². The highest BCUT2D eigenvalue weighted by atomic mass is 32.1. The zero-order valence-electron chi connectivity index (χ0n) is 17.8. The predicted molar refractivity (Wildman–Crippen MR) is 116 cm³/mol. The van der Waals surface area contributed by atoms with Crippen LogP contribution >= 0.6 is 11.3 Å². The van der Waals surface area contributed by atoms with Gasteiger partial charge in [-0.3, -0.25) is 14.4 Å². The lowest BCUT2D eigenvalue weighted by Crippen LogP contribution is -2.39. The number of aliphatic carboxylic acids is 1. The van der Waals surface area contributed by atoms with E-state index < -0.39 is 12.1 Å². The largest absolute Gasteiger partial charge is 0.490 e. The van der Waals surface area contributed by atoms with Crippen LogP contribution < -0.4 is 5.32 Å². The minimum absolute atomic E-state index is 0.0240. The average molecular weight is 484 g/mol. The van der Waals surface area contributed by atoms with Gasteiger partial charge in [-0.1, -0.05) is 0 Å². The van der Waals surface area contributed by atoms with E-state index in [1.54, 1.807) is 11.3 Å². The van der Waals surface area contributed by atoms with Gasteiger partial charge in [0.1, 0.15) is 5.69 Å². The molecule has 0 aromatic carbocycles. The van der Waals surface area contributed by atoms with Crippen molar-refractivity contribution in [1.82, 2.24) is 24.6 Å². The molecule has 3 aromatic rings. The molecule has 3 aromatic heterocycles. The van der Waals surface area contributed by atoms with E-state index in [0.717, 1.165) is 26.1 Å². The molecule has 1 atom stereocenters. The number of carbonyl (C=O) groups excluding carboxylic acids is 1. The highest BCUT2D eigenvalue weighted by Gasteiger charge is 2.38. The molecule has 0 radical (unpaired) electrons. The number of nitrogens with zero attached hydrogens (tertiary/aromatic N) is 4. The van der Waals surface area contributed by atoms with Crippen LogP contribution in [0, 0.1) is 0 Å². The van der Waals surface area contributed by atoms with Gasteiger partial charge in [0.2, 0.25) is 0 Å². The fourth-order valence-electron chi connectivity index (χ4n) is 3.58. The summed E-state index contributed by atoms with van der Waals surface area (Å²) < 4.78 is 35.7. The molecule has 0 aliphatic carbocycles. The van der Waals surface area contributed by atoms with Gasteiger partial charge < -0.3 is 15.0 Å². The molecule has 1 aliphatic heterocycles. The van der Waals surface area contributed by atoms with Gasteiger partial charge in [0.25, 0.3) is 5.91 Å². The van der Waals surface area contributed by atoms with Gasteiger partial charge in [-0.05, 0) is 47.0 Å². The van der Waals surface area contributed by atoms with Gasteiger partial charge in [0, 0.05) is 45.6 Å². The maximum absolute atomic E-state index is 12.3. The average Bonchev–Trinajstić information content (AvgIpc) is 3.49. The number of aromatic nitrogens is 3. The highest BCUT2D eigenvalue weighted by molar-refractivity contribution is 7.07. The maximum atomic E-state index is 12.3. The second-order valence-electron chi connectivity index (χ2n) is 7.57. The van der Waals surface area contributed by atoms with Crippen molar-refractivity contribution in [3.8, 4) is 0 Å². The first-order valence-corrected chi connectivity index (χ1v) is 11.0. The Morgan fingerprint density at radius 1 is 1.30 bits per heavy atom. The third-order valence-electron chi connectivity index (χ3n) is 5.12. The van der Waals surface area contributed by atoms with Crippen molar-refractivity contribution in [3.63, 3.8) is 0 Å². The van der Waals surface area contributed by atoms with E-state index in [-0.39, 0.29) is 11.9 Å². The molecule has 1 unspecified atom stereocenters. The lowest BCUT2D eigenvalue weighted by Gasteiger charge is -2.33. The number of fused-ring (bicyclic) bond motifs is 1. The number of hydrogen-bond donors (Lipinski definition) is 2. The second kappa shape index (κ2) is 10.7. The van der Waals surface area contributed by atoms with Crippen LogP contribution in [0.5, 0.6) is 0 Å². The van der Waals surface area contributed by atoms with Crippen molar-refractivity contribution in [2.75, 3.05) is 13.1 Å². The lowest BCUT2D eigenvalue weighted by molar-refractivity contribution is -0.192. The number of amides is 1. The Labute approximate surface area is 192 Å². The smallest absolute Gasteiger partial charge is 0.475 e. The summed E-state index contributed by atoms with van der Waals surface area (Å²) in [6.07, 6.45) is -0.460. The summed E-state index contributed by atoms with van der Waals surface area (Å²) in [5.41, 5.74) is 3.29. The Balaban J connectivity index is 0.000000383. The van der Waals surface area contributed by atoms with Crippen LogP contribution in [0.4, 0.5) is 13.2 Å². The number of halogens is 3. The van der Waals surface area contributed by atoms with E-state index in [2.05, 4.69) is 42.9 Å². The third-order valence-corrected chi connectivity index (χ3v) is 5.85. The van der Waals surface area contributed by atoms with Gasteiger partial charge in [-0.15, -0.1) is 0 Å². The topological polar surface area (TPSA) is 92.4 Å². The number of carboxylic acid groups (broad SMARTS) is 1. The molecule has 0 bridgehead atoms. The van der Waals surface area contributed by atoms with Crippen molar-refractivity contribution in [3.05, 3.63) is 64.4 Å². The molecule has 8 nitrogen and oxygen atoms in total. The molecule has 4 rings (SSSR count). The van der Waals surface area contributed by atoms with E-state index in [4.69, 9.17) is 9.90 Å². The summed E-state index contributed by atoms with van der Waals surface area (Å²) in [6.45, 7) is 3.47. The van der Waals surface area contributed by atoms with Crippen LogP contribution in [0.2, 0.25) is 0 Å². The van der Waals surface area contributed by atoms with Crippen LogP contribution in [-0.2, 0) is 24.9 Å².